The number of hydrogen-bond donors (Lipinski definition) is 1. The van der Waals surface area contributed by atoms with Gasteiger partial charge in [-0.3, -0.25) is 4.90 Å². The molecule has 0 aliphatic heterocycles. The van der Waals surface area contributed by atoms with Gasteiger partial charge < -0.3 is 10.3 Å². The van der Waals surface area contributed by atoms with E-state index in [9.17, 15) is 0 Å². The van der Waals surface area contributed by atoms with Crippen LogP contribution in [0.4, 0.5) is 0 Å². The first-order valence-corrected chi connectivity index (χ1v) is 8.21. The Morgan fingerprint density at radius 1 is 1.43 bits per heavy atom. The maximum Gasteiger partial charge on any atom is 0.241 e. The van der Waals surface area contributed by atoms with Crippen LogP contribution in [0.2, 0.25) is 0 Å². The van der Waals surface area contributed by atoms with Crippen molar-refractivity contribution in [2.45, 2.75) is 33.7 Å². The monoisotopic (exact) mass is 308 g/mol. The predicted molar refractivity (Wildman–Crippen MR) is 86.0 cm³/mol. The summed E-state index contributed by atoms with van der Waals surface area (Å²) in [6.45, 7) is 9.80. The van der Waals surface area contributed by atoms with E-state index in [0.717, 1.165) is 24.4 Å². The minimum atomic E-state index is 0.0891. The fourth-order valence-electron chi connectivity index (χ4n) is 2.22. The molecule has 6 heteroatoms. The molecule has 0 spiro atoms. The zero-order valence-corrected chi connectivity index (χ0v) is 13.8. The van der Waals surface area contributed by atoms with Gasteiger partial charge >= 0.3 is 0 Å². The predicted octanol–water partition coefficient (Wildman–Crippen LogP) is 3.00. The highest BCUT2D eigenvalue weighted by Gasteiger charge is 2.21. The third-order valence-electron chi connectivity index (χ3n) is 3.31. The van der Waals surface area contributed by atoms with Gasteiger partial charge in [0, 0.05) is 6.54 Å². The van der Waals surface area contributed by atoms with Gasteiger partial charge in [0.05, 0.1) is 11.4 Å². The maximum absolute atomic E-state index is 5.84. The van der Waals surface area contributed by atoms with Crippen molar-refractivity contribution in [3.63, 3.8) is 0 Å². The smallest absolute Gasteiger partial charge is 0.241 e. The fraction of sp³-hybridized carbons (Fsp3) is 0.600. The van der Waals surface area contributed by atoms with Crippen molar-refractivity contribution in [3.8, 4) is 10.7 Å². The van der Waals surface area contributed by atoms with E-state index in [0.29, 0.717) is 24.8 Å². The number of nitrogens with zero attached hydrogens (tertiary/aromatic N) is 3. The van der Waals surface area contributed by atoms with E-state index in [1.165, 1.54) is 0 Å². The lowest BCUT2D eigenvalue weighted by Crippen LogP contribution is -2.38. The first-order valence-electron chi connectivity index (χ1n) is 7.33. The molecule has 0 amide bonds. The molecule has 5 nitrogen and oxygen atoms in total. The second-order valence-corrected chi connectivity index (χ2v) is 7.02. The highest BCUT2D eigenvalue weighted by molar-refractivity contribution is 7.13. The van der Waals surface area contributed by atoms with Crippen LogP contribution in [0.1, 0.15) is 33.1 Å². The van der Waals surface area contributed by atoms with E-state index in [1.807, 2.05) is 17.5 Å². The van der Waals surface area contributed by atoms with Gasteiger partial charge in [-0.1, -0.05) is 32.0 Å². The highest BCUT2D eigenvalue weighted by Crippen LogP contribution is 2.22. The van der Waals surface area contributed by atoms with E-state index < -0.39 is 0 Å². The van der Waals surface area contributed by atoms with Crippen molar-refractivity contribution >= 4 is 11.3 Å². The molecule has 2 heterocycles. The van der Waals surface area contributed by atoms with Gasteiger partial charge in [-0.05, 0) is 36.4 Å². The van der Waals surface area contributed by atoms with Crippen LogP contribution < -0.4 is 5.73 Å². The van der Waals surface area contributed by atoms with Crippen molar-refractivity contribution in [1.82, 2.24) is 15.0 Å². The standard InChI is InChI=1S/C15H24N4OS/c1-4-7-19(11-15(2,3)10-16)9-13-17-14(18-20-13)12-6-5-8-21-12/h5-6,8H,4,7,9-11,16H2,1-3H3. The molecular formula is C15H24N4OS. The summed E-state index contributed by atoms with van der Waals surface area (Å²) in [6.07, 6.45) is 1.09. The van der Waals surface area contributed by atoms with Crippen LogP contribution in [-0.2, 0) is 6.54 Å². The Bertz CT molecular complexity index is 536. The molecule has 116 valence electrons. The SMILES string of the molecule is CCCN(Cc1nc(-c2cccs2)no1)CC(C)(C)CN. The van der Waals surface area contributed by atoms with Crippen molar-refractivity contribution in [1.29, 1.82) is 0 Å². The maximum atomic E-state index is 5.84. The molecule has 21 heavy (non-hydrogen) atoms. The normalized spacial score (nSPS) is 12.2. The minimum absolute atomic E-state index is 0.0891. The molecule has 0 aliphatic carbocycles. The first kappa shape index (κ1) is 16.1. The minimum Gasteiger partial charge on any atom is -0.338 e. The third-order valence-corrected chi connectivity index (χ3v) is 4.18. The Morgan fingerprint density at radius 2 is 2.24 bits per heavy atom. The van der Waals surface area contributed by atoms with Gasteiger partial charge in [-0.15, -0.1) is 11.3 Å². The van der Waals surface area contributed by atoms with Crippen molar-refractivity contribution < 1.29 is 4.52 Å². The molecule has 0 fully saturated rings. The summed E-state index contributed by atoms with van der Waals surface area (Å²) in [5.41, 5.74) is 5.92. The molecule has 0 atom stereocenters. The Balaban J connectivity index is 2.03. The molecule has 2 aromatic heterocycles. The van der Waals surface area contributed by atoms with E-state index in [4.69, 9.17) is 10.3 Å². The van der Waals surface area contributed by atoms with Gasteiger partial charge in [-0.25, -0.2) is 0 Å². The van der Waals surface area contributed by atoms with Crippen LogP contribution in [0.5, 0.6) is 0 Å². The van der Waals surface area contributed by atoms with E-state index >= 15 is 0 Å². The zero-order valence-electron chi connectivity index (χ0n) is 13.0. The summed E-state index contributed by atoms with van der Waals surface area (Å²) in [5.74, 6) is 1.34. The molecule has 2 aromatic rings. The van der Waals surface area contributed by atoms with E-state index in [1.54, 1.807) is 11.3 Å². The molecular weight excluding hydrogens is 284 g/mol. The number of thiophene rings is 1. The molecule has 0 radical (unpaired) electrons. The topological polar surface area (TPSA) is 68.2 Å². The summed E-state index contributed by atoms with van der Waals surface area (Å²) >= 11 is 1.62. The molecule has 0 saturated carbocycles. The number of aromatic nitrogens is 2. The third kappa shape index (κ3) is 4.62. The van der Waals surface area contributed by atoms with Gasteiger partial charge in [0.25, 0.3) is 0 Å². The largest absolute Gasteiger partial charge is 0.338 e. The molecule has 0 saturated heterocycles. The molecule has 2 N–H and O–H groups in total. The average Bonchev–Trinajstić information content (AvgIpc) is 3.08. The molecule has 0 aromatic carbocycles. The number of rotatable bonds is 8. The van der Waals surface area contributed by atoms with Gasteiger partial charge in [0.2, 0.25) is 11.7 Å². The molecule has 0 bridgehead atoms. The van der Waals surface area contributed by atoms with Crippen LogP contribution in [0.15, 0.2) is 22.0 Å². The Morgan fingerprint density at radius 3 is 2.86 bits per heavy atom. The Labute approximate surface area is 130 Å². The van der Waals surface area contributed by atoms with Crippen LogP contribution in [0.25, 0.3) is 10.7 Å². The summed E-state index contributed by atoms with van der Waals surface area (Å²) in [5, 5.41) is 6.07. The summed E-state index contributed by atoms with van der Waals surface area (Å²) in [6, 6.07) is 3.99. The number of hydrogen-bond acceptors (Lipinski definition) is 6. The lowest BCUT2D eigenvalue weighted by molar-refractivity contribution is 0.158. The van der Waals surface area contributed by atoms with Crippen molar-refractivity contribution in [3.05, 3.63) is 23.4 Å². The average molecular weight is 308 g/mol. The highest BCUT2D eigenvalue weighted by atomic mass is 32.1. The second-order valence-electron chi connectivity index (χ2n) is 6.07. The second kappa shape index (κ2) is 7.15. The van der Waals surface area contributed by atoms with Crippen molar-refractivity contribution in [2.24, 2.45) is 11.1 Å². The lowest BCUT2D eigenvalue weighted by atomic mass is 9.93. The lowest BCUT2D eigenvalue weighted by Gasteiger charge is -2.30. The van der Waals surface area contributed by atoms with Gasteiger partial charge in [0.1, 0.15) is 0 Å². The zero-order chi connectivity index (χ0) is 15.3. The quantitative estimate of drug-likeness (QED) is 0.812. The summed E-state index contributed by atoms with van der Waals surface area (Å²) in [7, 11) is 0. The van der Waals surface area contributed by atoms with Crippen molar-refractivity contribution in [2.75, 3.05) is 19.6 Å². The summed E-state index contributed by atoms with van der Waals surface area (Å²) in [4.78, 5) is 7.86. The van der Waals surface area contributed by atoms with Gasteiger partial charge in [0.15, 0.2) is 0 Å². The van der Waals surface area contributed by atoms with Gasteiger partial charge in [-0.2, -0.15) is 4.98 Å². The summed E-state index contributed by atoms with van der Waals surface area (Å²) < 4.78 is 5.39. The Kier molecular flexibility index (Phi) is 5.50. The van der Waals surface area contributed by atoms with Crippen LogP contribution in [-0.4, -0.2) is 34.7 Å². The van der Waals surface area contributed by atoms with E-state index in [2.05, 4.69) is 35.8 Å². The number of nitrogens with two attached hydrogens (primary N) is 1. The first-order chi connectivity index (χ1) is 10.0. The molecule has 2 rings (SSSR count). The van der Waals surface area contributed by atoms with Crippen LogP contribution in [0.3, 0.4) is 0 Å². The molecule has 0 unspecified atom stereocenters. The fourth-order valence-corrected chi connectivity index (χ4v) is 2.87. The Hall–Kier alpha value is -1.24. The van der Waals surface area contributed by atoms with Crippen LogP contribution in [0, 0.1) is 5.41 Å². The molecule has 0 aliphatic rings. The van der Waals surface area contributed by atoms with Crippen LogP contribution >= 0.6 is 11.3 Å². The van der Waals surface area contributed by atoms with E-state index in [-0.39, 0.29) is 5.41 Å².